The van der Waals surface area contributed by atoms with Gasteiger partial charge >= 0.3 is 5.97 Å². The van der Waals surface area contributed by atoms with Crippen molar-refractivity contribution in [2.24, 2.45) is 4.99 Å². The number of halogens is 1. The van der Waals surface area contributed by atoms with E-state index >= 15 is 0 Å². The van der Waals surface area contributed by atoms with Crippen molar-refractivity contribution in [3.05, 3.63) is 46.5 Å². The molecule has 0 aliphatic rings. The van der Waals surface area contributed by atoms with Crippen molar-refractivity contribution in [2.75, 3.05) is 6.61 Å². The molecule has 0 aromatic heterocycles. The Hall–Kier alpha value is -2.01. The molecular formula is C13H14ClNO4. The fraction of sp³-hybridized carbons (Fsp3) is 0.231. The molecule has 0 heterocycles. The Kier molecular flexibility index (Phi) is 5.89. The quantitative estimate of drug-likeness (QED) is 0.377. The molecule has 0 fully saturated rings. The van der Waals surface area contributed by atoms with E-state index in [4.69, 9.17) is 21.1 Å². The zero-order valence-corrected chi connectivity index (χ0v) is 11.2. The van der Waals surface area contributed by atoms with Gasteiger partial charge in [0, 0.05) is 5.02 Å². The molecule has 0 spiro atoms. The van der Waals surface area contributed by atoms with Crippen molar-refractivity contribution in [2.45, 2.75) is 13.5 Å². The van der Waals surface area contributed by atoms with Crippen molar-refractivity contribution in [1.29, 1.82) is 0 Å². The lowest BCUT2D eigenvalue weighted by atomic mass is 10.2. The van der Waals surface area contributed by atoms with Crippen LogP contribution in [0.1, 0.15) is 12.5 Å². The van der Waals surface area contributed by atoms with Gasteiger partial charge in [0.05, 0.1) is 6.61 Å². The highest BCUT2D eigenvalue weighted by molar-refractivity contribution is 6.30. The number of aliphatic hydroxyl groups excluding tert-OH is 1. The van der Waals surface area contributed by atoms with E-state index in [0.29, 0.717) is 5.02 Å². The number of aliphatic imine (C=N–C) groups is 1. The molecule has 0 aliphatic carbocycles. The smallest absolute Gasteiger partial charge is 0.379 e. The zero-order valence-electron chi connectivity index (χ0n) is 10.4. The summed E-state index contributed by atoms with van der Waals surface area (Å²) in [6.07, 6.45) is 0. The molecular weight excluding hydrogens is 270 g/mol. The first-order valence-electron chi connectivity index (χ1n) is 5.52. The normalized spacial score (nSPS) is 11.5. The van der Waals surface area contributed by atoms with Crippen molar-refractivity contribution < 1.29 is 19.4 Å². The lowest BCUT2D eigenvalue weighted by Crippen LogP contribution is -2.13. The summed E-state index contributed by atoms with van der Waals surface area (Å²) in [6.45, 7) is 5.01. The molecule has 1 aromatic carbocycles. The Labute approximate surface area is 116 Å². The van der Waals surface area contributed by atoms with Crippen LogP contribution in [0.5, 0.6) is 0 Å². The highest BCUT2D eigenvalue weighted by Crippen LogP contribution is 2.14. The summed E-state index contributed by atoms with van der Waals surface area (Å²) < 4.78 is 9.96. The molecule has 0 bridgehead atoms. The van der Waals surface area contributed by atoms with Crippen molar-refractivity contribution in [1.82, 2.24) is 0 Å². The van der Waals surface area contributed by atoms with Gasteiger partial charge in [0.25, 0.3) is 11.6 Å². The summed E-state index contributed by atoms with van der Waals surface area (Å²) in [4.78, 5) is 14.8. The van der Waals surface area contributed by atoms with Crippen LogP contribution in [0.15, 0.2) is 40.9 Å². The molecule has 1 N–H and O–H groups in total. The molecule has 0 atom stereocenters. The highest BCUT2D eigenvalue weighted by Gasteiger charge is 2.18. The number of ether oxygens (including phenoxy) is 2. The Morgan fingerprint density at radius 2 is 2.00 bits per heavy atom. The van der Waals surface area contributed by atoms with Gasteiger partial charge in [-0.15, -0.1) is 0 Å². The average Bonchev–Trinajstić information content (AvgIpc) is 2.41. The predicted molar refractivity (Wildman–Crippen MR) is 72.1 cm³/mol. The fourth-order valence-electron chi connectivity index (χ4n) is 1.22. The Morgan fingerprint density at radius 1 is 1.37 bits per heavy atom. The lowest BCUT2D eigenvalue weighted by Gasteiger charge is -2.10. The number of carbonyl (C=O) groups excluding carboxylic acids is 1. The molecule has 0 amide bonds. The molecule has 0 saturated heterocycles. The summed E-state index contributed by atoms with van der Waals surface area (Å²) in [5, 5.41) is 10.0. The van der Waals surface area contributed by atoms with Crippen molar-refractivity contribution >= 4 is 24.3 Å². The topological polar surface area (TPSA) is 68.1 Å². The van der Waals surface area contributed by atoms with Crippen LogP contribution in [0.3, 0.4) is 0 Å². The van der Waals surface area contributed by atoms with Gasteiger partial charge in [-0.3, -0.25) is 0 Å². The number of hydrogen-bond donors (Lipinski definition) is 1. The van der Waals surface area contributed by atoms with E-state index in [-0.39, 0.29) is 19.0 Å². The minimum absolute atomic E-state index is 0.0743. The van der Waals surface area contributed by atoms with E-state index in [1.165, 1.54) is 0 Å². The molecule has 0 saturated carbocycles. The van der Waals surface area contributed by atoms with Crippen molar-refractivity contribution in [3.8, 4) is 0 Å². The molecule has 0 aliphatic heterocycles. The van der Waals surface area contributed by atoms with E-state index in [1.54, 1.807) is 31.2 Å². The van der Waals surface area contributed by atoms with E-state index in [1.807, 2.05) is 0 Å². The summed E-state index contributed by atoms with van der Waals surface area (Å²) in [7, 11) is 0. The van der Waals surface area contributed by atoms with Crippen LogP contribution in [-0.2, 0) is 20.9 Å². The maximum Gasteiger partial charge on any atom is 0.379 e. The largest absolute Gasteiger partial charge is 0.490 e. The van der Waals surface area contributed by atoms with Gasteiger partial charge in [-0.2, -0.15) is 0 Å². The van der Waals surface area contributed by atoms with Gasteiger partial charge in [-0.05, 0) is 31.3 Å². The maximum absolute atomic E-state index is 11.5. The Balaban J connectivity index is 2.77. The summed E-state index contributed by atoms with van der Waals surface area (Å²) >= 11 is 5.75. The highest BCUT2D eigenvalue weighted by atomic mass is 35.5. The molecule has 0 unspecified atom stereocenters. The van der Waals surface area contributed by atoms with Crippen LogP contribution in [0.2, 0.25) is 5.02 Å². The van der Waals surface area contributed by atoms with E-state index < -0.39 is 11.9 Å². The summed E-state index contributed by atoms with van der Waals surface area (Å²) in [5.74, 6) is -1.76. The zero-order chi connectivity index (χ0) is 14.3. The van der Waals surface area contributed by atoms with Crippen LogP contribution < -0.4 is 0 Å². The molecule has 102 valence electrons. The van der Waals surface area contributed by atoms with Crippen LogP contribution in [0.25, 0.3) is 0 Å². The lowest BCUT2D eigenvalue weighted by molar-refractivity contribution is -0.143. The molecule has 19 heavy (non-hydrogen) atoms. The van der Waals surface area contributed by atoms with E-state index in [9.17, 15) is 9.90 Å². The summed E-state index contributed by atoms with van der Waals surface area (Å²) in [6, 6.07) is 6.87. The van der Waals surface area contributed by atoms with Crippen LogP contribution in [0, 0.1) is 0 Å². The van der Waals surface area contributed by atoms with Gasteiger partial charge in [0.15, 0.2) is 0 Å². The van der Waals surface area contributed by atoms with Gasteiger partial charge in [-0.1, -0.05) is 23.7 Å². The second-order valence-electron chi connectivity index (χ2n) is 3.45. The van der Waals surface area contributed by atoms with Crippen LogP contribution in [-0.4, -0.2) is 24.4 Å². The monoisotopic (exact) mass is 283 g/mol. The minimum atomic E-state index is -0.790. The molecule has 6 heteroatoms. The van der Waals surface area contributed by atoms with Crippen molar-refractivity contribution in [3.63, 3.8) is 0 Å². The molecule has 5 nitrogen and oxygen atoms in total. The first kappa shape index (κ1) is 15.0. The van der Waals surface area contributed by atoms with Gasteiger partial charge in [-0.25, -0.2) is 9.79 Å². The number of benzene rings is 1. The van der Waals surface area contributed by atoms with Gasteiger partial charge < -0.3 is 14.6 Å². The number of aliphatic hydroxyl groups is 1. The first-order valence-corrected chi connectivity index (χ1v) is 5.90. The SMILES string of the molecule is C=N/C(O)=C(\OCc1ccc(Cl)cc1)C(=O)OCC. The fourth-order valence-corrected chi connectivity index (χ4v) is 1.35. The Bertz CT molecular complexity index is 482. The molecule has 1 rings (SSSR count). The Morgan fingerprint density at radius 3 is 2.53 bits per heavy atom. The number of esters is 1. The number of nitrogens with zero attached hydrogens (tertiary/aromatic N) is 1. The average molecular weight is 284 g/mol. The third-order valence-electron chi connectivity index (χ3n) is 2.11. The number of rotatable bonds is 6. The number of hydrogen-bond acceptors (Lipinski definition) is 5. The second kappa shape index (κ2) is 7.43. The van der Waals surface area contributed by atoms with Crippen LogP contribution in [0.4, 0.5) is 0 Å². The first-order chi connectivity index (χ1) is 9.08. The van der Waals surface area contributed by atoms with Crippen LogP contribution >= 0.6 is 11.6 Å². The van der Waals surface area contributed by atoms with E-state index in [2.05, 4.69) is 11.7 Å². The predicted octanol–water partition coefficient (Wildman–Crippen LogP) is 2.85. The third kappa shape index (κ3) is 4.63. The van der Waals surface area contributed by atoms with E-state index in [0.717, 1.165) is 5.56 Å². The second-order valence-corrected chi connectivity index (χ2v) is 3.88. The molecule has 1 aromatic rings. The van der Waals surface area contributed by atoms with Gasteiger partial charge in [0.2, 0.25) is 0 Å². The minimum Gasteiger partial charge on any atom is -0.490 e. The molecule has 0 radical (unpaired) electrons. The third-order valence-corrected chi connectivity index (χ3v) is 2.36. The summed E-state index contributed by atoms with van der Waals surface area (Å²) in [5.41, 5.74) is 0.781. The maximum atomic E-state index is 11.5. The standard InChI is InChI=1S/C13H14ClNO4/c1-3-18-13(17)11(12(16)15-2)19-8-9-4-6-10(14)7-5-9/h4-7,16H,2-3,8H2,1H3/b12-11+. The number of carbonyl (C=O) groups is 1. The van der Waals surface area contributed by atoms with Gasteiger partial charge in [0.1, 0.15) is 6.61 Å².